The molecule has 0 aliphatic carbocycles. The SMILES string of the molecule is COc1ncc(-c2ccc3ncc(S)c(Nc4ccccc4C(=O)O)c3c2)cc1N. The molecule has 0 aliphatic heterocycles. The summed E-state index contributed by atoms with van der Waals surface area (Å²) < 4.78 is 5.12. The summed E-state index contributed by atoms with van der Waals surface area (Å²) in [5, 5.41) is 13.5. The Morgan fingerprint density at radius 3 is 2.63 bits per heavy atom. The standard InChI is InChI=1S/C22H18N4O3S/c1-29-21-16(23)9-13(10-25-21)12-6-7-17-15(8-12)20(19(30)11-24-17)26-18-5-3-2-4-14(18)22(27)28/h2-11,30H,23H2,1H3,(H,24,26)(H,27,28). The maximum atomic E-state index is 11.6. The van der Waals surface area contributed by atoms with Gasteiger partial charge in [0.2, 0.25) is 5.88 Å². The molecule has 0 saturated carbocycles. The predicted molar refractivity (Wildman–Crippen MR) is 120 cm³/mol. The highest BCUT2D eigenvalue weighted by Gasteiger charge is 2.14. The van der Waals surface area contributed by atoms with Crippen LogP contribution in [0.4, 0.5) is 17.1 Å². The molecule has 4 aromatic rings. The number of hydrogen-bond donors (Lipinski definition) is 4. The second kappa shape index (κ2) is 7.92. The lowest BCUT2D eigenvalue weighted by Crippen LogP contribution is -2.03. The minimum absolute atomic E-state index is 0.165. The summed E-state index contributed by atoms with van der Waals surface area (Å²) in [6, 6.07) is 14.2. The molecule has 0 spiro atoms. The van der Waals surface area contributed by atoms with Crippen molar-refractivity contribution in [3.8, 4) is 17.0 Å². The van der Waals surface area contributed by atoms with Gasteiger partial charge in [-0.3, -0.25) is 4.98 Å². The van der Waals surface area contributed by atoms with E-state index in [2.05, 4.69) is 27.9 Å². The molecule has 4 N–H and O–H groups in total. The number of anilines is 3. The summed E-state index contributed by atoms with van der Waals surface area (Å²) >= 11 is 4.53. The fraction of sp³-hybridized carbons (Fsp3) is 0.0455. The number of nitrogens with one attached hydrogen (secondary N) is 1. The third-order valence-corrected chi connectivity index (χ3v) is 5.01. The van der Waals surface area contributed by atoms with Gasteiger partial charge in [0.15, 0.2) is 0 Å². The lowest BCUT2D eigenvalue weighted by atomic mass is 10.0. The summed E-state index contributed by atoms with van der Waals surface area (Å²) in [6.45, 7) is 0. The van der Waals surface area contributed by atoms with Crippen LogP contribution >= 0.6 is 12.6 Å². The zero-order valence-electron chi connectivity index (χ0n) is 16.0. The first-order valence-electron chi connectivity index (χ1n) is 8.99. The number of thiol groups is 1. The van der Waals surface area contributed by atoms with Gasteiger partial charge in [0.1, 0.15) is 0 Å². The third kappa shape index (κ3) is 3.60. The van der Waals surface area contributed by atoms with Crippen molar-refractivity contribution in [2.24, 2.45) is 0 Å². The number of rotatable bonds is 5. The Balaban J connectivity index is 1.85. The molecule has 4 rings (SSSR count). The zero-order valence-corrected chi connectivity index (χ0v) is 16.9. The first kappa shape index (κ1) is 19.5. The number of carboxylic acid groups (broad SMARTS) is 1. The second-order valence-electron chi connectivity index (χ2n) is 6.55. The molecule has 150 valence electrons. The van der Waals surface area contributed by atoms with E-state index in [4.69, 9.17) is 10.5 Å². The van der Waals surface area contributed by atoms with Gasteiger partial charge in [0, 0.05) is 28.2 Å². The first-order valence-corrected chi connectivity index (χ1v) is 9.43. The van der Waals surface area contributed by atoms with Crippen molar-refractivity contribution in [3.05, 3.63) is 66.5 Å². The van der Waals surface area contributed by atoms with E-state index in [1.165, 1.54) is 7.11 Å². The Labute approximate surface area is 178 Å². The summed E-state index contributed by atoms with van der Waals surface area (Å²) in [5.74, 6) is -0.649. The van der Waals surface area contributed by atoms with E-state index in [9.17, 15) is 9.90 Å². The summed E-state index contributed by atoms with van der Waals surface area (Å²) in [7, 11) is 1.52. The molecule has 0 radical (unpaired) electrons. The number of para-hydroxylation sites is 1. The van der Waals surface area contributed by atoms with Gasteiger partial charge >= 0.3 is 5.97 Å². The van der Waals surface area contributed by atoms with Gasteiger partial charge in [-0.05, 0) is 35.9 Å². The molecule has 0 saturated heterocycles. The Morgan fingerprint density at radius 2 is 1.90 bits per heavy atom. The monoisotopic (exact) mass is 418 g/mol. The number of carbonyl (C=O) groups is 1. The van der Waals surface area contributed by atoms with Crippen molar-refractivity contribution in [2.75, 3.05) is 18.2 Å². The zero-order chi connectivity index (χ0) is 21.3. The number of aromatic carboxylic acids is 1. The molecule has 7 nitrogen and oxygen atoms in total. The molecular weight excluding hydrogens is 400 g/mol. The number of nitrogens with zero attached hydrogens (tertiary/aromatic N) is 2. The number of ether oxygens (including phenoxy) is 1. The topological polar surface area (TPSA) is 110 Å². The van der Waals surface area contributed by atoms with Crippen LogP contribution < -0.4 is 15.8 Å². The van der Waals surface area contributed by atoms with Crippen LogP contribution in [-0.4, -0.2) is 28.2 Å². The summed E-state index contributed by atoms with van der Waals surface area (Å²) in [4.78, 5) is 20.8. The van der Waals surface area contributed by atoms with Gasteiger partial charge in [-0.25, -0.2) is 9.78 Å². The number of pyridine rings is 2. The number of fused-ring (bicyclic) bond motifs is 1. The average molecular weight is 418 g/mol. The van der Waals surface area contributed by atoms with Gasteiger partial charge < -0.3 is 20.9 Å². The number of carboxylic acids is 1. The highest BCUT2D eigenvalue weighted by molar-refractivity contribution is 7.80. The first-order chi connectivity index (χ1) is 14.5. The molecule has 0 bridgehead atoms. The molecule has 0 atom stereocenters. The van der Waals surface area contributed by atoms with E-state index in [1.807, 2.05) is 18.2 Å². The molecule has 8 heteroatoms. The number of aromatic nitrogens is 2. The molecule has 2 aromatic heterocycles. The number of hydrogen-bond acceptors (Lipinski definition) is 7. The van der Waals surface area contributed by atoms with Crippen molar-refractivity contribution in [1.29, 1.82) is 0 Å². The fourth-order valence-corrected chi connectivity index (χ4v) is 3.44. The Kier molecular flexibility index (Phi) is 5.16. The van der Waals surface area contributed by atoms with Crippen LogP contribution in [0.25, 0.3) is 22.0 Å². The van der Waals surface area contributed by atoms with Gasteiger partial charge in [0.25, 0.3) is 0 Å². The Morgan fingerprint density at radius 1 is 1.10 bits per heavy atom. The molecule has 0 amide bonds. The van der Waals surface area contributed by atoms with E-state index in [0.717, 1.165) is 22.0 Å². The second-order valence-corrected chi connectivity index (χ2v) is 7.03. The highest BCUT2D eigenvalue weighted by Crippen LogP contribution is 2.35. The van der Waals surface area contributed by atoms with Crippen molar-refractivity contribution in [3.63, 3.8) is 0 Å². The summed E-state index contributed by atoms with van der Waals surface area (Å²) in [5.41, 5.74) is 10.2. The lowest BCUT2D eigenvalue weighted by Gasteiger charge is -2.15. The highest BCUT2D eigenvalue weighted by atomic mass is 32.1. The van der Waals surface area contributed by atoms with Crippen LogP contribution in [0.3, 0.4) is 0 Å². The van der Waals surface area contributed by atoms with E-state index in [-0.39, 0.29) is 5.56 Å². The number of benzene rings is 2. The van der Waals surface area contributed by atoms with E-state index in [1.54, 1.807) is 42.7 Å². The van der Waals surface area contributed by atoms with Gasteiger partial charge in [-0.2, -0.15) is 0 Å². The van der Waals surface area contributed by atoms with Crippen LogP contribution in [-0.2, 0) is 0 Å². The van der Waals surface area contributed by atoms with Crippen LogP contribution in [0, 0.1) is 0 Å². The lowest BCUT2D eigenvalue weighted by molar-refractivity contribution is 0.0698. The minimum Gasteiger partial charge on any atom is -0.480 e. The Bertz CT molecular complexity index is 1280. The quantitative estimate of drug-likeness (QED) is 0.350. The van der Waals surface area contributed by atoms with Crippen molar-refractivity contribution in [1.82, 2.24) is 9.97 Å². The normalized spacial score (nSPS) is 10.7. The van der Waals surface area contributed by atoms with E-state index in [0.29, 0.717) is 27.8 Å². The largest absolute Gasteiger partial charge is 0.480 e. The van der Waals surface area contributed by atoms with Gasteiger partial charge in [-0.15, -0.1) is 12.6 Å². The average Bonchev–Trinajstić information content (AvgIpc) is 2.75. The van der Waals surface area contributed by atoms with Gasteiger partial charge in [0.05, 0.1) is 35.3 Å². The third-order valence-electron chi connectivity index (χ3n) is 4.67. The number of nitrogens with two attached hydrogens (primary N) is 1. The predicted octanol–water partition coefficient (Wildman–Crippen LogP) is 4.62. The summed E-state index contributed by atoms with van der Waals surface area (Å²) in [6.07, 6.45) is 3.31. The van der Waals surface area contributed by atoms with Crippen molar-refractivity contribution in [2.45, 2.75) is 4.90 Å². The van der Waals surface area contributed by atoms with Crippen LogP contribution in [0.5, 0.6) is 5.88 Å². The fourth-order valence-electron chi connectivity index (χ4n) is 3.20. The number of methoxy groups -OCH3 is 1. The molecular formula is C22H18N4O3S. The van der Waals surface area contributed by atoms with Crippen LogP contribution in [0.2, 0.25) is 0 Å². The molecule has 2 heterocycles. The van der Waals surface area contributed by atoms with E-state index >= 15 is 0 Å². The smallest absolute Gasteiger partial charge is 0.337 e. The molecule has 0 aliphatic rings. The maximum Gasteiger partial charge on any atom is 0.337 e. The number of nitrogen functional groups attached to an aromatic ring is 1. The van der Waals surface area contributed by atoms with Crippen molar-refractivity contribution < 1.29 is 14.6 Å². The Hall–Kier alpha value is -3.78. The van der Waals surface area contributed by atoms with Crippen LogP contribution in [0.1, 0.15) is 10.4 Å². The molecule has 0 fully saturated rings. The van der Waals surface area contributed by atoms with Crippen LogP contribution in [0.15, 0.2) is 65.8 Å². The van der Waals surface area contributed by atoms with Crippen molar-refractivity contribution >= 4 is 46.6 Å². The molecule has 2 aromatic carbocycles. The maximum absolute atomic E-state index is 11.6. The molecule has 30 heavy (non-hydrogen) atoms. The minimum atomic E-state index is -1.02. The molecule has 0 unspecified atom stereocenters. The van der Waals surface area contributed by atoms with Gasteiger partial charge in [-0.1, -0.05) is 18.2 Å². The van der Waals surface area contributed by atoms with E-state index < -0.39 is 5.97 Å².